The van der Waals surface area contributed by atoms with Crippen molar-refractivity contribution in [2.24, 2.45) is 0 Å². The minimum Gasteiger partial charge on any atom is -0.0836 e. The van der Waals surface area contributed by atoms with E-state index in [9.17, 15) is 0 Å². The molecule has 0 aliphatic heterocycles. The van der Waals surface area contributed by atoms with Crippen molar-refractivity contribution in [1.29, 1.82) is 0 Å². The topological polar surface area (TPSA) is 0 Å². The monoisotopic (exact) mass is 196 g/mol. The van der Waals surface area contributed by atoms with Crippen LogP contribution in [0.5, 0.6) is 0 Å². The van der Waals surface area contributed by atoms with Gasteiger partial charge in [0.2, 0.25) is 0 Å². The Morgan fingerprint density at radius 2 is 1.93 bits per heavy atom. The van der Waals surface area contributed by atoms with Crippen LogP contribution in [0.2, 0.25) is 0 Å². The van der Waals surface area contributed by atoms with Gasteiger partial charge in [-0.15, -0.1) is 0 Å². The molecule has 1 aliphatic carbocycles. The van der Waals surface area contributed by atoms with Crippen LogP contribution in [-0.2, 0) is 0 Å². The average Bonchev–Trinajstić information content (AvgIpc) is 2.33. The molecule has 76 valence electrons. The highest BCUT2D eigenvalue weighted by Gasteiger charge is 2.05. The first kappa shape index (κ1) is 9.97. The molecule has 0 saturated carbocycles. The lowest BCUT2D eigenvalue weighted by molar-refractivity contribution is 1.03. The summed E-state index contributed by atoms with van der Waals surface area (Å²) in [4.78, 5) is 0. The van der Waals surface area contributed by atoms with Gasteiger partial charge in [-0.1, -0.05) is 54.6 Å². The average molecular weight is 196 g/mol. The van der Waals surface area contributed by atoms with Crippen molar-refractivity contribution in [1.82, 2.24) is 0 Å². The lowest BCUT2D eigenvalue weighted by Crippen LogP contribution is -1.90. The maximum Gasteiger partial charge on any atom is -0.0157 e. The van der Waals surface area contributed by atoms with Crippen molar-refractivity contribution in [2.75, 3.05) is 0 Å². The molecule has 2 rings (SSSR count). The van der Waals surface area contributed by atoms with Crippen LogP contribution in [0.3, 0.4) is 0 Å². The van der Waals surface area contributed by atoms with Gasteiger partial charge in [0.15, 0.2) is 0 Å². The molecule has 0 nitrogen and oxygen atoms in total. The fourth-order valence-electron chi connectivity index (χ4n) is 1.93. The third kappa shape index (κ3) is 2.27. The van der Waals surface area contributed by atoms with E-state index in [-0.39, 0.29) is 0 Å². The predicted molar refractivity (Wildman–Crippen MR) is 66.6 cm³/mol. The zero-order valence-corrected chi connectivity index (χ0v) is 9.11. The highest BCUT2D eigenvalue weighted by atomic mass is 14.1. The second-order valence-electron chi connectivity index (χ2n) is 3.71. The smallest absolute Gasteiger partial charge is 0.0157 e. The van der Waals surface area contributed by atoms with E-state index in [1.807, 2.05) is 0 Å². The van der Waals surface area contributed by atoms with Gasteiger partial charge in [0, 0.05) is 0 Å². The van der Waals surface area contributed by atoms with E-state index in [1.54, 1.807) is 0 Å². The van der Waals surface area contributed by atoms with Gasteiger partial charge in [-0.25, -0.2) is 0 Å². The van der Waals surface area contributed by atoms with Crippen molar-refractivity contribution in [3.05, 3.63) is 65.8 Å². The highest BCUT2D eigenvalue weighted by molar-refractivity contribution is 5.81. The molecule has 1 aliphatic rings. The molecule has 0 heteroatoms. The van der Waals surface area contributed by atoms with Crippen molar-refractivity contribution in [3.63, 3.8) is 0 Å². The number of rotatable bonds is 2. The summed E-state index contributed by atoms with van der Waals surface area (Å²) in [5.74, 6) is 0. The molecule has 0 N–H and O–H groups in total. The Morgan fingerprint density at radius 1 is 1.13 bits per heavy atom. The highest BCUT2D eigenvalue weighted by Crippen LogP contribution is 2.26. The first-order valence-corrected chi connectivity index (χ1v) is 5.50. The summed E-state index contributed by atoms with van der Waals surface area (Å²) in [5, 5.41) is 0. The van der Waals surface area contributed by atoms with Crippen LogP contribution in [0.1, 0.15) is 25.3 Å². The lowest BCUT2D eigenvalue weighted by Gasteiger charge is -2.11. The molecule has 0 saturated heterocycles. The molecular formula is C15H16. The van der Waals surface area contributed by atoms with Crippen LogP contribution >= 0.6 is 0 Å². The Labute approximate surface area is 91.6 Å². The molecular weight excluding hydrogens is 180 g/mol. The van der Waals surface area contributed by atoms with Crippen molar-refractivity contribution >= 4 is 5.57 Å². The Kier molecular flexibility index (Phi) is 3.18. The standard InChI is InChI=1S/C15H16/c1-2-15(13-9-5-3-6-10-13)14-11-7-4-8-12-14/h2-3,5-7,9-12H,4,8H2,1H3/b15-2+. The minimum absolute atomic E-state index is 1.16. The minimum atomic E-state index is 1.16. The third-order valence-electron chi connectivity index (χ3n) is 2.68. The number of allylic oxidation sites excluding steroid dienone is 6. The summed E-state index contributed by atoms with van der Waals surface area (Å²) in [6, 6.07) is 10.6. The van der Waals surface area contributed by atoms with E-state index in [0.29, 0.717) is 0 Å². The van der Waals surface area contributed by atoms with E-state index < -0.39 is 0 Å². The Morgan fingerprint density at radius 3 is 2.53 bits per heavy atom. The van der Waals surface area contributed by atoms with Gasteiger partial charge in [-0.2, -0.15) is 0 Å². The molecule has 15 heavy (non-hydrogen) atoms. The molecule has 0 radical (unpaired) electrons. The van der Waals surface area contributed by atoms with Gasteiger partial charge in [0.05, 0.1) is 0 Å². The first-order chi connectivity index (χ1) is 7.42. The number of hydrogen-bond acceptors (Lipinski definition) is 0. The van der Waals surface area contributed by atoms with E-state index in [2.05, 4.69) is 61.6 Å². The maximum absolute atomic E-state index is 2.32. The van der Waals surface area contributed by atoms with E-state index in [4.69, 9.17) is 0 Å². The van der Waals surface area contributed by atoms with Crippen molar-refractivity contribution in [3.8, 4) is 0 Å². The van der Waals surface area contributed by atoms with Crippen LogP contribution in [0.25, 0.3) is 5.57 Å². The largest absolute Gasteiger partial charge is 0.0836 e. The quantitative estimate of drug-likeness (QED) is 0.659. The van der Waals surface area contributed by atoms with Crippen molar-refractivity contribution < 1.29 is 0 Å². The zero-order chi connectivity index (χ0) is 10.5. The zero-order valence-electron chi connectivity index (χ0n) is 9.11. The van der Waals surface area contributed by atoms with Gasteiger partial charge in [0.25, 0.3) is 0 Å². The summed E-state index contributed by atoms with van der Waals surface area (Å²) in [6.45, 7) is 2.10. The van der Waals surface area contributed by atoms with Crippen molar-refractivity contribution in [2.45, 2.75) is 19.8 Å². The van der Waals surface area contributed by atoms with E-state index in [0.717, 1.165) is 6.42 Å². The molecule has 0 aromatic heterocycles. The Bertz CT molecular complexity index is 405. The molecule has 0 amide bonds. The first-order valence-electron chi connectivity index (χ1n) is 5.50. The number of hydrogen-bond donors (Lipinski definition) is 0. The van der Waals surface area contributed by atoms with E-state index in [1.165, 1.54) is 23.1 Å². The molecule has 1 aromatic carbocycles. The summed E-state index contributed by atoms with van der Waals surface area (Å²) >= 11 is 0. The van der Waals surface area contributed by atoms with E-state index >= 15 is 0 Å². The molecule has 0 heterocycles. The number of benzene rings is 1. The normalized spacial score (nSPS) is 16.3. The lowest BCUT2D eigenvalue weighted by atomic mass is 9.94. The molecule has 0 atom stereocenters. The Hall–Kier alpha value is -1.56. The summed E-state index contributed by atoms with van der Waals surface area (Å²) in [6.07, 6.45) is 11.3. The SMILES string of the molecule is C/C=C(/C1=CCCC=C1)c1ccccc1. The van der Waals surface area contributed by atoms with Crippen LogP contribution in [-0.4, -0.2) is 0 Å². The van der Waals surface area contributed by atoms with Gasteiger partial charge in [-0.05, 0) is 36.5 Å². The molecule has 0 bridgehead atoms. The fraction of sp³-hybridized carbons (Fsp3) is 0.200. The Balaban J connectivity index is 2.34. The fourth-order valence-corrected chi connectivity index (χ4v) is 1.93. The molecule has 0 spiro atoms. The van der Waals surface area contributed by atoms with Gasteiger partial charge in [-0.3, -0.25) is 0 Å². The predicted octanol–water partition coefficient (Wildman–Crippen LogP) is 4.37. The molecule has 1 aromatic rings. The third-order valence-corrected chi connectivity index (χ3v) is 2.68. The summed E-state index contributed by atoms with van der Waals surface area (Å²) in [7, 11) is 0. The summed E-state index contributed by atoms with van der Waals surface area (Å²) < 4.78 is 0. The van der Waals surface area contributed by atoms with Crippen LogP contribution in [0.4, 0.5) is 0 Å². The van der Waals surface area contributed by atoms with Gasteiger partial charge < -0.3 is 0 Å². The maximum atomic E-state index is 2.32. The molecule has 0 unspecified atom stereocenters. The van der Waals surface area contributed by atoms with Crippen LogP contribution in [0.15, 0.2) is 60.2 Å². The van der Waals surface area contributed by atoms with Gasteiger partial charge in [0.1, 0.15) is 0 Å². The second-order valence-corrected chi connectivity index (χ2v) is 3.71. The summed E-state index contributed by atoms with van der Waals surface area (Å²) in [5.41, 5.74) is 4.00. The van der Waals surface area contributed by atoms with Crippen LogP contribution in [0, 0.1) is 0 Å². The van der Waals surface area contributed by atoms with Crippen LogP contribution < -0.4 is 0 Å². The molecule has 0 fully saturated rings. The van der Waals surface area contributed by atoms with Gasteiger partial charge >= 0.3 is 0 Å². The second kappa shape index (κ2) is 4.79.